The van der Waals surface area contributed by atoms with E-state index in [2.05, 4.69) is 42.6 Å². The summed E-state index contributed by atoms with van der Waals surface area (Å²) >= 11 is 0. The van der Waals surface area contributed by atoms with Crippen LogP contribution in [0.4, 0.5) is 10.5 Å². The van der Waals surface area contributed by atoms with E-state index in [1.54, 1.807) is 4.90 Å². The zero-order valence-electron chi connectivity index (χ0n) is 23.7. The highest BCUT2D eigenvalue weighted by Crippen LogP contribution is 2.30. The lowest BCUT2D eigenvalue weighted by atomic mass is 10.0. The van der Waals surface area contributed by atoms with Crippen molar-refractivity contribution >= 4 is 17.6 Å². The van der Waals surface area contributed by atoms with E-state index in [0.29, 0.717) is 51.8 Å². The van der Waals surface area contributed by atoms with Gasteiger partial charge in [-0.15, -0.1) is 0 Å². The first-order valence-electron chi connectivity index (χ1n) is 14.7. The number of anilines is 1. The van der Waals surface area contributed by atoms with E-state index in [1.165, 1.54) is 32.1 Å². The molecule has 1 unspecified atom stereocenters. The third-order valence-electron chi connectivity index (χ3n) is 7.63. The highest BCUT2D eigenvalue weighted by atomic mass is 16.5. The summed E-state index contributed by atoms with van der Waals surface area (Å²) in [6.07, 6.45) is 8.35. The number of rotatable bonds is 14. The summed E-state index contributed by atoms with van der Waals surface area (Å²) in [5.41, 5.74) is 4.04. The Labute approximate surface area is 233 Å². The highest BCUT2D eigenvalue weighted by molar-refractivity contribution is 5.92. The monoisotopic (exact) mass is 535 g/mol. The molecule has 7 nitrogen and oxygen atoms in total. The normalized spacial score (nSPS) is 16.1. The molecule has 7 heteroatoms. The Morgan fingerprint density at radius 2 is 1.77 bits per heavy atom. The Bertz CT molecular complexity index is 1050. The Balaban J connectivity index is 1.34. The molecule has 2 aliphatic rings. The lowest BCUT2D eigenvalue weighted by Gasteiger charge is -2.30. The van der Waals surface area contributed by atoms with Crippen molar-refractivity contribution in [3.05, 3.63) is 54.1 Å². The van der Waals surface area contributed by atoms with Gasteiger partial charge in [-0.05, 0) is 54.0 Å². The first-order chi connectivity index (χ1) is 19.0. The first kappa shape index (κ1) is 29.1. The fourth-order valence-corrected chi connectivity index (χ4v) is 4.84. The second-order valence-corrected chi connectivity index (χ2v) is 10.9. The van der Waals surface area contributed by atoms with E-state index >= 15 is 0 Å². The average molecular weight is 536 g/mol. The largest absolute Gasteiger partial charge is 0.378 e. The Morgan fingerprint density at radius 3 is 2.49 bits per heavy atom. The van der Waals surface area contributed by atoms with Crippen molar-refractivity contribution in [2.45, 2.75) is 64.4 Å². The summed E-state index contributed by atoms with van der Waals surface area (Å²) < 4.78 is 11.6. The van der Waals surface area contributed by atoms with Crippen LogP contribution in [0.3, 0.4) is 0 Å². The zero-order valence-corrected chi connectivity index (χ0v) is 23.7. The number of nitrogens with one attached hydrogen (secondary N) is 1. The van der Waals surface area contributed by atoms with Gasteiger partial charge < -0.3 is 19.7 Å². The van der Waals surface area contributed by atoms with E-state index in [4.69, 9.17) is 9.47 Å². The topological polar surface area (TPSA) is 71.1 Å². The summed E-state index contributed by atoms with van der Waals surface area (Å²) in [4.78, 5) is 29.4. The molecule has 1 aliphatic heterocycles. The van der Waals surface area contributed by atoms with E-state index in [1.807, 2.05) is 30.1 Å². The molecule has 2 fully saturated rings. The predicted octanol–water partition coefficient (Wildman–Crippen LogP) is 5.67. The van der Waals surface area contributed by atoms with Crippen LogP contribution in [-0.2, 0) is 20.7 Å². The molecular formula is C32H45N3O4. The van der Waals surface area contributed by atoms with E-state index in [9.17, 15) is 9.59 Å². The molecule has 0 aromatic heterocycles. The lowest BCUT2D eigenvalue weighted by Crippen LogP contribution is -2.47. The van der Waals surface area contributed by atoms with E-state index in [0.717, 1.165) is 35.2 Å². The molecule has 0 bridgehead atoms. The van der Waals surface area contributed by atoms with Crippen molar-refractivity contribution in [1.29, 1.82) is 0 Å². The number of carbonyl (C=O) groups excluding carboxylic acids is 2. The summed E-state index contributed by atoms with van der Waals surface area (Å²) in [5.74, 6) is 0.670. The summed E-state index contributed by atoms with van der Waals surface area (Å²) in [6.45, 7) is 6.00. The van der Waals surface area contributed by atoms with Crippen LogP contribution in [0, 0.1) is 5.92 Å². The average Bonchev–Trinajstić information content (AvgIpc) is 3.81. The minimum atomic E-state index is -0.461. The Hall–Kier alpha value is -2.90. The molecule has 4 rings (SSSR count). The molecule has 1 N–H and O–H groups in total. The number of morpholine rings is 1. The van der Waals surface area contributed by atoms with Crippen molar-refractivity contribution < 1.29 is 19.1 Å². The van der Waals surface area contributed by atoms with Crippen LogP contribution in [0.2, 0.25) is 0 Å². The minimum Gasteiger partial charge on any atom is -0.378 e. The van der Waals surface area contributed by atoms with Crippen molar-refractivity contribution in [2.75, 3.05) is 51.4 Å². The SMILES string of the molecule is CCCCCCCNC(=O)N(C)c1cccc(-c2ccc(CC(OCC3CC3)C(=O)N3CCOCC3)cc2)c1. The van der Waals surface area contributed by atoms with Crippen LogP contribution < -0.4 is 10.2 Å². The highest BCUT2D eigenvalue weighted by Gasteiger charge is 2.30. The number of carbonyl (C=O) groups is 2. The van der Waals surface area contributed by atoms with Gasteiger partial charge in [0.15, 0.2) is 0 Å². The zero-order chi connectivity index (χ0) is 27.5. The maximum Gasteiger partial charge on any atom is 0.321 e. The lowest BCUT2D eigenvalue weighted by molar-refractivity contribution is -0.148. The molecule has 212 valence electrons. The number of unbranched alkanes of at least 4 members (excludes halogenated alkanes) is 4. The third-order valence-corrected chi connectivity index (χ3v) is 7.63. The maximum absolute atomic E-state index is 13.2. The van der Waals surface area contributed by atoms with Gasteiger partial charge in [-0.25, -0.2) is 4.79 Å². The van der Waals surface area contributed by atoms with Gasteiger partial charge in [0.1, 0.15) is 6.10 Å². The second-order valence-electron chi connectivity index (χ2n) is 10.9. The van der Waals surface area contributed by atoms with Gasteiger partial charge in [0, 0.05) is 38.8 Å². The van der Waals surface area contributed by atoms with Gasteiger partial charge in [-0.3, -0.25) is 9.69 Å². The van der Waals surface area contributed by atoms with Crippen molar-refractivity contribution in [2.24, 2.45) is 5.92 Å². The van der Waals surface area contributed by atoms with Crippen LogP contribution in [0.15, 0.2) is 48.5 Å². The van der Waals surface area contributed by atoms with Crippen molar-refractivity contribution in [3.8, 4) is 11.1 Å². The molecule has 0 spiro atoms. The third kappa shape index (κ3) is 9.07. The number of urea groups is 1. The predicted molar refractivity (Wildman–Crippen MR) is 156 cm³/mol. The number of amides is 3. The number of hydrogen-bond donors (Lipinski definition) is 1. The molecule has 2 aromatic carbocycles. The second kappa shape index (κ2) is 15.0. The standard InChI is InChI=1S/C32H45N3O4/c1-3-4-5-6-7-17-33-32(37)34(2)29-10-8-9-28(23-29)27-15-13-25(14-16-27)22-30(39-24-26-11-12-26)31(36)35-18-20-38-21-19-35/h8-10,13-16,23,26,30H,3-7,11-12,17-22,24H2,1-2H3,(H,33,37). The van der Waals surface area contributed by atoms with Crippen LogP contribution in [0.1, 0.15) is 57.4 Å². The molecule has 1 aliphatic carbocycles. The molecular weight excluding hydrogens is 490 g/mol. The number of ether oxygens (including phenoxy) is 2. The molecule has 1 atom stereocenters. The van der Waals surface area contributed by atoms with Crippen molar-refractivity contribution in [3.63, 3.8) is 0 Å². The minimum absolute atomic E-state index is 0.0676. The molecule has 1 saturated heterocycles. The van der Waals surface area contributed by atoms with Gasteiger partial charge in [0.25, 0.3) is 5.91 Å². The molecule has 1 heterocycles. The number of nitrogens with zero attached hydrogens (tertiary/aromatic N) is 2. The smallest absolute Gasteiger partial charge is 0.321 e. The first-order valence-corrected chi connectivity index (χ1v) is 14.7. The van der Waals surface area contributed by atoms with Crippen molar-refractivity contribution in [1.82, 2.24) is 10.2 Å². The van der Waals surface area contributed by atoms with E-state index in [-0.39, 0.29) is 11.9 Å². The summed E-state index contributed by atoms with van der Waals surface area (Å²) in [6, 6.07) is 16.3. The number of hydrogen-bond acceptors (Lipinski definition) is 4. The molecule has 3 amide bonds. The van der Waals surface area contributed by atoms with Gasteiger partial charge in [0.05, 0.1) is 19.8 Å². The van der Waals surface area contributed by atoms with Gasteiger partial charge in [-0.2, -0.15) is 0 Å². The maximum atomic E-state index is 13.2. The van der Waals surface area contributed by atoms with Gasteiger partial charge in [0.2, 0.25) is 0 Å². The van der Waals surface area contributed by atoms with Crippen LogP contribution >= 0.6 is 0 Å². The Kier molecular flexibility index (Phi) is 11.2. The molecule has 1 saturated carbocycles. The summed E-state index contributed by atoms with van der Waals surface area (Å²) in [5, 5.41) is 3.03. The number of benzene rings is 2. The molecule has 2 aromatic rings. The molecule has 39 heavy (non-hydrogen) atoms. The van der Waals surface area contributed by atoms with E-state index < -0.39 is 6.10 Å². The van der Waals surface area contributed by atoms with Crippen LogP contribution in [-0.4, -0.2) is 69.4 Å². The molecule has 0 radical (unpaired) electrons. The van der Waals surface area contributed by atoms with Gasteiger partial charge >= 0.3 is 6.03 Å². The fourth-order valence-electron chi connectivity index (χ4n) is 4.84. The Morgan fingerprint density at radius 1 is 1.03 bits per heavy atom. The van der Waals surface area contributed by atoms with Gasteiger partial charge in [-0.1, -0.05) is 69.0 Å². The quantitative estimate of drug-likeness (QED) is 0.317. The fraction of sp³-hybridized carbons (Fsp3) is 0.562. The van der Waals surface area contributed by atoms with Crippen LogP contribution in [0.25, 0.3) is 11.1 Å². The summed E-state index contributed by atoms with van der Waals surface area (Å²) in [7, 11) is 1.81. The van der Waals surface area contributed by atoms with Crippen LogP contribution in [0.5, 0.6) is 0 Å².